The van der Waals surface area contributed by atoms with Gasteiger partial charge in [-0.15, -0.1) is 11.3 Å². The average Bonchev–Trinajstić information content (AvgIpc) is 2.98. The molecule has 1 aliphatic heterocycles. The maximum absolute atomic E-state index is 12.3. The van der Waals surface area contributed by atoms with Crippen LogP contribution in [0.4, 0.5) is 4.79 Å². The first-order valence-electron chi connectivity index (χ1n) is 6.61. The highest BCUT2D eigenvalue weighted by Gasteiger charge is 2.50. The number of carbonyl (C=O) groups excluding carboxylic acids is 2. The van der Waals surface area contributed by atoms with Gasteiger partial charge in [0.05, 0.1) is 17.2 Å². The molecule has 1 unspecified atom stereocenters. The normalized spacial score (nSPS) is 21.7. The minimum absolute atomic E-state index is 0.300. The molecule has 1 aliphatic rings. The molecule has 1 N–H and O–H groups in total. The van der Waals surface area contributed by atoms with Crippen molar-refractivity contribution in [3.05, 3.63) is 52.0 Å². The molecule has 0 radical (unpaired) electrons. The highest BCUT2D eigenvalue weighted by Crippen LogP contribution is 2.34. The van der Waals surface area contributed by atoms with Gasteiger partial charge in [-0.05, 0) is 19.4 Å². The second-order valence-corrected chi connectivity index (χ2v) is 6.20. The van der Waals surface area contributed by atoms with Crippen LogP contribution < -0.4 is 5.32 Å². The van der Waals surface area contributed by atoms with E-state index in [9.17, 15) is 9.59 Å². The molecule has 1 atom stereocenters. The van der Waals surface area contributed by atoms with Crippen molar-refractivity contribution in [2.45, 2.75) is 25.9 Å². The smallest absolute Gasteiger partial charge is 0.300 e. The van der Waals surface area contributed by atoms with Crippen LogP contribution in [0.25, 0.3) is 0 Å². The number of carbonyl (C=O) groups is 2. The largest absolute Gasteiger partial charge is 0.325 e. The third kappa shape index (κ3) is 2.21. The Morgan fingerprint density at radius 2 is 2.00 bits per heavy atom. The van der Waals surface area contributed by atoms with Gasteiger partial charge in [0.1, 0.15) is 5.54 Å². The van der Waals surface area contributed by atoms with Gasteiger partial charge in [0.15, 0.2) is 0 Å². The number of nitrogens with zero attached hydrogens (tertiary/aromatic N) is 2. The topological polar surface area (TPSA) is 62.3 Å². The molecule has 6 heteroatoms. The Hall–Kier alpha value is -2.21. The van der Waals surface area contributed by atoms with Crippen LogP contribution in [0.15, 0.2) is 35.7 Å². The number of aromatic nitrogens is 1. The van der Waals surface area contributed by atoms with E-state index in [-0.39, 0.29) is 11.9 Å². The lowest BCUT2D eigenvalue weighted by Gasteiger charge is -2.31. The Morgan fingerprint density at radius 3 is 2.62 bits per heavy atom. The maximum atomic E-state index is 12.3. The molecule has 108 valence electrons. The number of amides is 3. The molecule has 21 heavy (non-hydrogen) atoms. The molecule has 0 saturated carbocycles. The summed E-state index contributed by atoms with van der Waals surface area (Å²) in [4.78, 5) is 30.4. The summed E-state index contributed by atoms with van der Waals surface area (Å²) < 4.78 is 0. The summed E-state index contributed by atoms with van der Waals surface area (Å²) in [6.07, 6.45) is 0. The monoisotopic (exact) mass is 301 g/mol. The Labute approximate surface area is 126 Å². The quantitative estimate of drug-likeness (QED) is 0.886. The number of rotatable bonds is 3. The van der Waals surface area contributed by atoms with Gasteiger partial charge in [-0.3, -0.25) is 15.0 Å². The number of nitrogens with one attached hydrogen (secondary N) is 1. The second-order valence-electron chi connectivity index (χ2n) is 5.14. The number of benzene rings is 1. The van der Waals surface area contributed by atoms with Crippen LogP contribution in [0.3, 0.4) is 0 Å². The molecule has 1 saturated heterocycles. The predicted octanol–water partition coefficient (Wildman–Crippen LogP) is 2.42. The Balaban J connectivity index is 2.00. The number of thiazole rings is 1. The summed E-state index contributed by atoms with van der Waals surface area (Å²) in [5.74, 6) is -0.300. The molecule has 0 aliphatic carbocycles. The lowest BCUT2D eigenvalue weighted by Crippen LogP contribution is -2.43. The highest BCUT2D eigenvalue weighted by molar-refractivity contribution is 7.09. The minimum atomic E-state index is -1.00. The molecule has 1 aromatic heterocycles. The molecule has 1 aromatic carbocycles. The van der Waals surface area contributed by atoms with E-state index in [1.54, 1.807) is 11.8 Å². The van der Waals surface area contributed by atoms with Gasteiger partial charge in [0.25, 0.3) is 5.91 Å². The SMILES string of the molecule is Cc1nc(CN2C(=O)NC(=O)C2(C)c2ccccc2)cs1. The summed E-state index contributed by atoms with van der Waals surface area (Å²) in [6.45, 7) is 3.99. The number of urea groups is 1. The predicted molar refractivity (Wildman–Crippen MR) is 79.7 cm³/mol. The van der Waals surface area contributed by atoms with Crippen LogP contribution >= 0.6 is 11.3 Å². The summed E-state index contributed by atoms with van der Waals surface area (Å²) in [5.41, 5.74) is 0.584. The average molecular weight is 301 g/mol. The van der Waals surface area contributed by atoms with E-state index in [2.05, 4.69) is 10.3 Å². The van der Waals surface area contributed by atoms with Crippen molar-refractivity contribution in [2.24, 2.45) is 0 Å². The Morgan fingerprint density at radius 1 is 1.29 bits per heavy atom. The molecule has 0 spiro atoms. The van der Waals surface area contributed by atoms with Gasteiger partial charge in [0.2, 0.25) is 0 Å². The van der Waals surface area contributed by atoms with Gasteiger partial charge in [-0.2, -0.15) is 0 Å². The molecule has 0 bridgehead atoms. The van der Waals surface area contributed by atoms with E-state index in [1.165, 1.54) is 11.3 Å². The van der Waals surface area contributed by atoms with E-state index in [1.807, 2.05) is 42.6 Å². The van der Waals surface area contributed by atoms with Gasteiger partial charge < -0.3 is 0 Å². The van der Waals surface area contributed by atoms with Crippen LogP contribution in [0.5, 0.6) is 0 Å². The first kappa shape index (κ1) is 13.8. The summed E-state index contributed by atoms with van der Waals surface area (Å²) in [6, 6.07) is 8.95. The molecule has 5 nitrogen and oxygen atoms in total. The molecule has 3 amide bonds. The van der Waals surface area contributed by atoms with E-state index in [0.717, 1.165) is 16.3 Å². The van der Waals surface area contributed by atoms with Crippen molar-refractivity contribution in [1.82, 2.24) is 15.2 Å². The number of hydrogen-bond acceptors (Lipinski definition) is 4. The molecule has 2 aromatic rings. The first-order chi connectivity index (χ1) is 10.0. The zero-order chi connectivity index (χ0) is 15.0. The lowest BCUT2D eigenvalue weighted by molar-refractivity contribution is -0.126. The van der Waals surface area contributed by atoms with Crippen molar-refractivity contribution < 1.29 is 9.59 Å². The Kier molecular flexibility index (Phi) is 3.25. The first-order valence-corrected chi connectivity index (χ1v) is 7.49. The van der Waals surface area contributed by atoms with Gasteiger partial charge in [-0.1, -0.05) is 30.3 Å². The van der Waals surface area contributed by atoms with E-state index in [0.29, 0.717) is 6.54 Å². The van der Waals surface area contributed by atoms with Gasteiger partial charge in [-0.25, -0.2) is 9.78 Å². The zero-order valence-corrected chi connectivity index (χ0v) is 12.6. The standard InChI is InChI=1S/C15H15N3O2S/c1-10-16-12(9-21-10)8-18-14(20)17-13(19)15(18,2)11-6-4-3-5-7-11/h3-7,9H,8H2,1-2H3,(H,17,19,20). The van der Waals surface area contributed by atoms with Crippen molar-refractivity contribution in [3.8, 4) is 0 Å². The highest BCUT2D eigenvalue weighted by atomic mass is 32.1. The van der Waals surface area contributed by atoms with E-state index in [4.69, 9.17) is 0 Å². The third-order valence-electron chi connectivity index (χ3n) is 3.77. The fourth-order valence-electron chi connectivity index (χ4n) is 2.53. The molecule has 2 heterocycles. The van der Waals surface area contributed by atoms with Crippen LogP contribution in [0, 0.1) is 6.92 Å². The lowest BCUT2D eigenvalue weighted by atomic mass is 9.90. The van der Waals surface area contributed by atoms with Gasteiger partial charge in [0, 0.05) is 5.38 Å². The van der Waals surface area contributed by atoms with Crippen molar-refractivity contribution in [1.29, 1.82) is 0 Å². The third-order valence-corrected chi connectivity index (χ3v) is 4.59. The second kappa shape index (κ2) is 4.96. The van der Waals surface area contributed by atoms with E-state index >= 15 is 0 Å². The summed E-state index contributed by atoms with van der Waals surface area (Å²) >= 11 is 1.53. The van der Waals surface area contributed by atoms with Crippen LogP contribution in [0.2, 0.25) is 0 Å². The van der Waals surface area contributed by atoms with Crippen LogP contribution in [0.1, 0.15) is 23.2 Å². The molecule has 1 fully saturated rings. The number of hydrogen-bond donors (Lipinski definition) is 1. The summed E-state index contributed by atoms with van der Waals surface area (Å²) in [5, 5.41) is 5.26. The fraction of sp³-hybridized carbons (Fsp3) is 0.267. The van der Waals surface area contributed by atoms with Crippen LogP contribution in [-0.2, 0) is 16.9 Å². The van der Waals surface area contributed by atoms with Crippen LogP contribution in [-0.4, -0.2) is 21.8 Å². The minimum Gasteiger partial charge on any atom is -0.300 e. The van der Waals surface area contributed by atoms with Crippen molar-refractivity contribution in [3.63, 3.8) is 0 Å². The zero-order valence-electron chi connectivity index (χ0n) is 11.8. The molecular weight excluding hydrogens is 286 g/mol. The maximum Gasteiger partial charge on any atom is 0.325 e. The van der Waals surface area contributed by atoms with Crippen molar-refractivity contribution >= 4 is 23.3 Å². The summed E-state index contributed by atoms with van der Waals surface area (Å²) in [7, 11) is 0. The molecular formula is C15H15N3O2S. The number of aryl methyl sites for hydroxylation is 1. The van der Waals surface area contributed by atoms with Crippen molar-refractivity contribution in [2.75, 3.05) is 0 Å². The Bertz CT molecular complexity index is 698. The number of imide groups is 1. The molecule has 3 rings (SSSR count). The van der Waals surface area contributed by atoms with E-state index < -0.39 is 5.54 Å². The fourth-order valence-corrected chi connectivity index (χ4v) is 3.14. The van der Waals surface area contributed by atoms with Gasteiger partial charge >= 0.3 is 6.03 Å².